The van der Waals surface area contributed by atoms with Crippen molar-refractivity contribution in [1.29, 1.82) is 0 Å². The minimum Gasteiger partial charge on any atom is -0.316 e. The van der Waals surface area contributed by atoms with Gasteiger partial charge >= 0.3 is 0 Å². The van der Waals surface area contributed by atoms with Crippen LogP contribution >= 0.6 is 15.9 Å². The maximum Gasteiger partial charge on any atom is 0.173 e. The third-order valence-corrected chi connectivity index (χ3v) is 2.00. The zero-order valence-corrected chi connectivity index (χ0v) is 7.53. The van der Waals surface area contributed by atoms with Gasteiger partial charge in [-0.2, -0.15) is 0 Å². The molecule has 0 spiro atoms. The molecule has 0 amide bonds. The Labute approximate surface area is 76.3 Å². The van der Waals surface area contributed by atoms with Crippen LogP contribution < -0.4 is 5.48 Å². The highest BCUT2D eigenvalue weighted by molar-refractivity contribution is 9.10. The highest BCUT2D eigenvalue weighted by atomic mass is 79.9. The molecule has 0 atom stereocenters. The summed E-state index contributed by atoms with van der Waals surface area (Å²) in [5, 5.41) is 8.25. The molecular formula is C7H6BrF2NO. The van der Waals surface area contributed by atoms with Gasteiger partial charge in [-0.05, 0) is 22.0 Å². The summed E-state index contributed by atoms with van der Waals surface area (Å²) in [5.74, 6) is -1.89. The largest absolute Gasteiger partial charge is 0.316 e. The monoisotopic (exact) mass is 237 g/mol. The molecule has 2 N–H and O–H groups in total. The van der Waals surface area contributed by atoms with Crippen molar-refractivity contribution < 1.29 is 14.0 Å². The fourth-order valence-corrected chi connectivity index (χ4v) is 1.09. The molecule has 0 unspecified atom stereocenters. The van der Waals surface area contributed by atoms with Gasteiger partial charge in [0.2, 0.25) is 0 Å². The quantitative estimate of drug-likeness (QED) is 0.611. The Balaban J connectivity index is 3.08. The lowest BCUT2D eigenvalue weighted by Crippen LogP contribution is -2.08. The van der Waals surface area contributed by atoms with Crippen LogP contribution in [0.5, 0.6) is 0 Å². The van der Waals surface area contributed by atoms with Crippen molar-refractivity contribution in [2.24, 2.45) is 0 Å². The lowest BCUT2D eigenvalue weighted by molar-refractivity contribution is 0.159. The number of halogens is 3. The summed E-state index contributed by atoms with van der Waals surface area (Å²) in [7, 11) is 0. The molecule has 0 fully saturated rings. The first-order valence-electron chi connectivity index (χ1n) is 3.16. The molecule has 0 saturated heterocycles. The molecular weight excluding hydrogens is 232 g/mol. The third-order valence-electron chi connectivity index (χ3n) is 1.38. The molecule has 1 aromatic carbocycles. The van der Waals surface area contributed by atoms with Gasteiger partial charge in [-0.3, -0.25) is 0 Å². The minimum absolute atomic E-state index is 0.0710. The van der Waals surface area contributed by atoms with E-state index in [-0.39, 0.29) is 16.6 Å². The number of hydrogen-bond acceptors (Lipinski definition) is 2. The van der Waals surface area contributed by atoms with Crippen LogP contribution in [0.15, 0.2) is 16.6 Å². The maximum atomic E-state index is 12.9. The van der Waals surface area contributed by atoms with Gasteiger partial charge in [0.25, 0.3) is 0 Å². The van der Waals surface area contributed by atoms with Crippen molar-refractivity contribution in [1.82, 2.24) is 5.48 Å². The number of hydrogen-bond donors (Lipinski definition) is 2. The summed E-state index contributed by atoms with van der Waals surface area (Å²) in [6.07, 6.45) is 0. The van der Waals surface area contributed by atoms with E-state index in [1.807, 2.05) is 0 Å². The Kier molecular flexibility index (Phi) is 3.13. The Morgan fingerprint density at radius 3 is 2.58 bits per heavy atom. The third kappa shape index (κ3) is 1.80. The van der Waals surface area contributed by atoms with Crippen LogP contribution in [0.3, 0.4) is 0 Å². The minimum atomic E-state index is -0.953. The summed E-state index contributed by atoms with van der Waals surface area (Å²) in [5.41, 5.74) is 1.83. The van der Waals surface area contributed by atoms with Crippen molar-refractivity contribution in [3.8, 4) is 0 Å². The normalized spacial score (nSPS) is 10.3. The molecule has 2 nitrogen and oxygen atoms in total. The molecule has 0 saturated carbocycles. The van der Waals surface area contributed by atoms with Gasteiger partial charge in [0.1, 0.15) is 0 Å². The van der Waals surface area contributed by atoms with Crippen molar-refractivity contribution in [2.45, 2.75) is 6.54 Å². The average Bonchev–Trinajstić information content (AvgIpc) is 2.07. The van der Waals surface area contributed by atoms with Gasteiger partial charge in [0, 0.05) is 12.1 Å². The van der Waals surface area contributed by atoms with Crippen molar-refractivity contribution >= 4 is 15.9 Å². The van der Waals surface area contributed by atoms with E-state index in [0.29, 0.717) is 0 Å². The molecule has 0 heterocycles. The first-order valence-corrected chi connectivity index (χ1v) is 3.95. The number of rotatable bonds is 2. The number of nitrogens with one attached hydrogen (secondary N) is 1. The maximum absolute atomic E-state index is 12.9. The zero-order valence-electron chi connectivity index (χ0n) is 5.94. The van der Waals surface area contributed by atoms with E-state index in [1.165, 1.54) is 12.1 Å². The Hall–Kier alpha value is -0.520. The van der Waals surface area contributed by atoms with Crippen molar-refractivity contribution in [2.75, 3.05) is 0 Å². The van der Waals surface area contributed by atoms with Crippen molar-refractivity contribution in [3.63, 3.8) is 0 Å². The van der Waals surface area contributed by atoms with Gasteiger partial charge in [0.15, 0.2) is 11.6 Å². The summed E-state index contributed by atoms with van der Waals surface area (Å²) >= 11 is 2.83. The average molecular weight is 238 g/mol. The van der Waals surface area contributed by atoms with Gasteiger partial charge in [-0.25, -0.2) is 14.3 Å². The molecule has 0 bridgehead atoms. The molecule has 5 heteroatoms. The second-order valence-corrected chi connectivity index (χ2v) is 3.02. The fraction of sp³-hybridized carbons (Fsp3) is 0.143. The van der Waals surface area contributed by atoms with E-state index < -0.39 is 11.6 Å². The van der Waals surface area contributed by atoms with E-state index in [0.717, 1.165) is 0 Å². The van der Waals surface area contributed by atoms with Gasteiger partial charge in [-0.1, -0.05) is 6.07 Å². The highest BCUT2D eigenvalue weighted by Crippen LogP contribution is 2.20. The molecule has 0 aliphatic carbocycles. The molecule has 0 aliphatic rings. The first-order chi connectivity index (χ1) is 5.66. The molecule has 0 radical (unpaired) electrons. The SMILES string of the molecule is ONCc1ccc(Br)c(F)c1F. The van der Waals surface area contributed by atoms with Crippen LogP contribution in [0.4, 0.5) is 8.78 Å². The van der Waals surface area contributed by atoms with Gasteiger partial charge < -0.3 is 5.21 Å². The first kappa shape index (κ1) is 9.57. The van der Waals surface area contributed by atoms with E-state index in [2.05, 4.69) is 15.9 Å². The lowest BCUT2D eigenvalue weighted by atomic mass is 10.2. The van der Waals surface area contributed by atoms with Gasteiger partial charge in [-0.15, -0.1) is 0 Å². The number of benzene rings is 1. The molecule has 0 aromatic heterocycles. The smallest absolute Gasteiger partial charge is 0.173 e. The van der Waals surface area contributed by atoms with Crippen LogP contribution in [0.25, 0.3) is 0 Å². The lowest BCUT2D eigenvalue weighted by Gasteiger charge is -2.02. The Morgan fingerprint density at radius 1 is 1.33 bits per heavy atom. The van der Waals surface area contributed by atoms with Crippen LogP contribution in [-0.2, 0) is 6.54 Å². The predicted molar refractivity (Wildman–Crippen MR) is 42.7 cm³/mol. The molecule has 1 rings (SSSR count). The van der Waals surface area contributed by atoms with Crippen LogP contribution in [0.1, 0.15) is 5.56 Å². The summed E-state index contributed by atoms with van der Waals surface area (Å²) < 4.78 is 25.7. The van der Waals surface area contributed by atoms with Crippen LogP contribution in [0.2, 0.25) is 0 Å². The molecule has 12 heavy (non-hydrogen) atoms. The standard InChI is InChI=1S/C7H6BrF2NO/c8-5-2-1-4(3-11-12)6(9)7(5)10/h1-2,11-12H,3H2. The summed E-state index contributed by atoms with van der Waals surface area (Å²) in [6.45, 7) is -0.115. The van der Waals surface area contributed by atoms with E-state index in [4.69, 9.17) is 5.21 Å². The van der Waals surface area contributed by atoms with E-state index >= 15 is 0 Å². The Bertz CT molecular complexity index is 293. The van der Waals surface area contributed by atoms with Gasteiger partial charge in [0.05, 0.1) is 4.47 Å². The second-order valence-electron chi connectivity index (χ2n) is 2.17. The Morgan fingerprint density at radius 2 is 2.00 bits per heavy atom. The molecule has 0 aliphatic heterocycles. The van der Waals surface area contributed by atoms with E-state index in [1.54, 1.807) is 5.48 Å². The van der Waals surface area contributed by atoms with Crippen LogP contribution in [-0.4, -0.2) is 5.21 Å². The summed E-state index contributed by atoms with van der Waals surface area (Å²) in [4.78, 5) is 0. The fourth-order valence-electron chi connectivity index (χ4n) is 0.788. The zero-order chi connectivity index (χ0) is 9.14. The predicted octanol–water partition coefficient (Wildman–Crippen LogP) is 2.21. The topological polar surface area (TPSA) is 32.3 Å². The highest BCUT2D eigenvalue weighted by Gasteiger charge is 2.10. The van der Waals surface area contributed by atoms with Crippen molar-refractivity contribution in [3.05, 3.63) is 33.8 Å². The van der Waals surface area contributed by atoms with E-state index in [9.17, 15) is 8.78 Å². The summed E-state index contributed by atoms with van der Waals surface area (Å²) in [6, 6.07) is 2.76. The number of hydroxylamine groups is 1. The second kappa shape index (κ2) is 3.93. The molecule has 1 aromatic rings. The molecule has 66 valence electrons. The van der Waals surface area contributed by atoms with Crippen LogP contribution in [0, 0.1) is 11.6 Å².